The van der Waals surface area contributed by atoms with Crippen molar-refractivity contribution in [1.82, 2.24) is 5.32 Å². The Hall–Kier alpha value is -0.650. The average molecular weight is 217 g/mol. The summed E-state index contributed by atoms with van der Waals surface area (Å²) in [6, 6.07) is -0.321. The number of aliphatic hydroxyl groups is 1. The maximum Gasteiger partial charge on any atom is 0.225 e. The normalized spacial score (nSPS) is 27.7. The van der Waals surface area contributed by atoms with Crippen LogP contribution in [0.15, 0.2) is 0 Å². The zero-order chi connectivity index (χ0) is 11.3. The number of hydrogen-bond acceptors (Lipinski definition) is 4. The lowest BCUT2D eigenvalue weighted by molar-refractivity contribution is -0.126. The van der Waals surface area contributed by atoms with E-state index in [-0.39, 0.29) is 30.6 Å². The van der Waals surface area contributed by atoms with Gasteiger partial charge < -0.3 is 19.9 Å². The van der Waals surface area contributed by atoms with Gasteiger partial charge in [-0.3, -0.25) is 4.79 Å². The molecule has 1 aliphatic heterocycles. The fourth-order valence-corrected chi connectivity index (χ4v) is 1.66. The van der Waals surface area contributed by atoms with E-state index in [0.717, 1.165) is 6.42 Å². The van der Waals surface area contributed by atoms with Gasteiger partial charge in [0.05, 0.1) is 37.9 Å². The third kappa shape index (κ3) is 3.77. The molecular weight excluding hydrogens is 198 g/mol. The standard InChI is InChI=1S/C10H19NO4/c1-7-3-8(5-15-7)10(13)11-9(4-12)6-14-2/h7-9,12H,3-6H2,1-2H3,(H,11,13). The van der Waals surface area contributed by atoms with Crippen LogP contribution in [0.1, 0.15) is 13.3 Å². The second-order valence-electron chi connectivity index (χ2n) is 3.92. The highest BCUT2D eigenvalue weighted by atomic mass is 16.5. The van der Waals surface area contributed by atoms with Gasteiger partial charge in [0.15, 0.2) is 0 Å². The summed E-state index contributed by atoms with van der Waals surface area (Å²) in [5, 5.41) is 11.7. The molecule has 88 valence electrons. The summed E-state index contributed by atoms with van der Waals surface area (Å²) in [6.07, 6.45) is 0.896. The molecule has 1 amide bonds. The molecule has 0 saturated carbocycles. The number of amides is 1. The monoisotopic (exact) mass is 217 g/mol. The van der Waals surface area contributed by atoms with Crippen molar-refractivity contribution in [3.05, 3.63) is 0 Å². The van der Waals surface area contributed by atoms with E-state index < -0.39 is 0 Å². The second-order valence-corrected chi connectivity index (χ2v) is 3.92. The van der Waals surface area contributed by atoms with E-state index in [4.69, 9.17) is 14.6 Å². The van der Waals surface area contributed by atoms with Crippen molar-refractivity contribution >= 4 is 5.91 Å². The minimum absolute atomic E-state index is 0.0598. The van der Waals surface area contributed by atoms with Gasteiger partial charge in [-0.25, -0.2) is 0 Å². The van der Waals surface area contributed by atoms with Crippen LogP contribution in [0, 0.1) is 5.92 Å². The summed E-state index contributed by atoms with van der Waals surface area (Å²) < 4.78 is 10.2. The van der Waals surface area contributed by atoms with Crippen LogP contribution in [-0.4, -0.2) is 50.1 Å². The van der Waals surface area contributed by atoms with Crippen LogP contribution in [0.25, 0.3) is 0 Å². The lowest BCUT2D eigenvalue weighted by Crippen LogP contribution is -2.43. The van der Waals surface area contributed by atoms with Crippen LogP contribution in [0.4, 0.5) is 0 Å². The summed E-state index contributed by atoms with van der Waals surface area (Å²) in [6.45, 7) is 2.64. The first-order valence-electron chi connectivity index (χ1n) is 5.19. The van der Waals surface area contributed by atoms with Crippen molar-refractivity contribution in [2.24, 2.45) is 5.92 Å². The first kappa shape index (κ1) is 12.4. The predicted octanol–water partition coefficient (Wildman–Crippen LogP) is -0.465. The molecule has 0 aliphatic carbocycles. The molecule has 5 heteroatoms. The molecular formula is C10H19NO4. The zero-order valence-corrected chi connectivity index (χ0v) is 9.23. The van der Waals surface area contributed by atoms with E-state index >= 15 is 0 Å². The van der Waals surface area contributed by atoms with Crippen LogP contribution in [-0.2, 0) is 14.3 Å². The number of carbonyl (C=O) groups excluding carboxylic acids is 1. The number of aliphatic hydroxyl groups excluding tert-OH is 1. The van der Waals surface area contributed by atoms with Gasteiger partial charge in [-0.15, -0.1) is 0 Å². The molecule has 1 heterocycles. The van der Waals surface area contributed by atoms with E-state index in [1.165, 1.54) is 7.11 Å². The third-order valence-corrected chi connectivity index (χ3v) is 2.50. The molecule has 0 bridgehead atoms. The Balaban J connectivity index is 2.33. The minimum atomic E-state index is -0.321. The molecule has 3 atom stereocenters. The molecule has 3 unspecified atom stereocenters. The van der Waals surface area contributed by atoms with E-state index in [1.807, 2.05) is 6.92 Å². The SMILES string of the molecule is COCC(CO)NC(=O)C1COC(C)C1. The summed E-state index contributed by atoms with van der Waals surface area (Å²) in [5.74, 6) is -0.152. The van der Waals surface area contributed by atoms with Crippen LogP contribution < -0.4 is 5.32 Å². The van der Waals surface area contributed by atoms with Gasteiger partial charge in [-0.05, 0) is 13.3 Å². The van der Waals surface area contributed by atoms with Crippen molar-refractivity contribution in [2.45, 2.75) is 25.5 Å². The summed E-state index contributed by atoms with van der Waals surface area (Å²) in [5.41, 5.74) is 0. The van der Waals surface area contributed by atoms with Gasteiger partial charge in [-0.1, -0.05) is 0 Å². The smallest absolute Gasteiger partial charge is 0.225 e. The van der Waals surface area contributed by atoms with Crippen molar-refractivity contribution in [3.8, 4) is 0 Å². The molecule has 2 N–H and O–H groups in total. The van der Waals surface area contributed by atoms with Gasteiger partial charge in [0.2, 0.25) is 5.91 Å². The molecule has 1 aliphatic rings. The fourth-order valence-electron chi connectivity index (χ4n) is 1.66. The largest absolute Gasteiger partial charge is 0.394 e. The fraction of sp³-hybridized carbons (Fsp3) is 0.900. The lowest BCUT2D eigenvalue weighted by atomic mass is 10.1. The number of carbonyl (C=O) groups is 1. The molecule has 0 spiro atoms. The predicted molar refractivity (Wildman–Crippen MR) is 54.4 cm³/mol. The Bertz CT molecular complexity index is 210. The van der Waals surface area contributed by atoms with Crippen molar-refractivity contribution in [2.75, 3.05) is 26.9 Å². The number of nitrogens with one attached hydrogen (secondary N) is 1. The molecule has 15 heavy (non-hydrogen) atoms. The Morgan fingerprint density at radius 2 is 2.47 bits per heavy atom. The molecule has 0 aromatic heterocycles. The van der Waals surface area contributed by atoms with Crippen molar-refractivity contribution in [3.63, 3.8) is 0 Å². The van der Waals surface area contributed by atoms with Gasteiger partial charge in [0, 0.05) is 7.11 Å². The molecule has 1 rings (SSSR count). The maximum absolute atomic E-state index is 11.7. The number of ether oxygens (including phenoxy) is 2. The second kappa shape index (κ2) is 6.05. The lowest BCUT2D eigenvalue weighted by Gasteiger charge is -2.17. The van der Waals surface area contributed by atoms with Gasteiger partial charge in [-0.2, -0.15) is 0 Å². The number of rotatable bonds is 5. The molecule has 5 nitrogen and oxygen atoms in total. The molecule has 0 radical (unpaired) electrons. The summed E-state index contributed by atoms with van der Waals surface area (Å²) >= 11 is 0. The van der Waals surface area contributed by atoms with Crippen LogP contribution >= 0.6 is 0 Å². The Kier molecular flexibility index (Phi) is 5.01. The Labute approximate surface area is 89.8 Å². The highest BCUT2D eigenvalue weighted by Crippen LogP contribution is 2.18. The summed E-state index contributed by atoms with van der Waals surface area (Å²) in [4.78, 5) is 11.7. The van der Waals surface area contributed by atoms with Gasteiger partial charge in [0.1, 0.15) is 0 Å². The minimum Gasteiger partial charge on any atom is -0.394 e. The Morgan fingerprint density at radius 1 is 1.73 bits per heavy atom. The molecule has 1 fully saturated rings. The first-order chi connectivity index (χ1) is 7.17. The van der Waals surface area contributed by atoms with E-state index in [0.29, 0.717) is 13.2 Å². The van der Waals surface area contributed by atoms with Crippen LogP contribution in [0.3, 0.4) is 0 Å². The highest BCUT2D eigenvalue weighted by molar-refractivity contribution is 5.79. The molecule has 0 aromatic rings. The number of hydrogen-bond donors (Lipinski definition) is 2. The first-order valence-corrected chi connectivity index (χ1v) is 5.19. The molecule has 0 aromatic carbocycles. The van der Waals surface area contributed by atoms with Gasteiger partial charge >= 0.3 is 0 Å². The third-order valence-electron chi connectivity index (χ3n) is 2.50. The quantitative estimate of drug-likeness (QED) is 0.653. The van der Waals surface area contributed by atoms with Crippen molar-refractivity contribution < 1.29 is 19.4 Å². The average Bonchev–Trinajstić information content (AvgIpc) is 2.64. The van der Waals surface area contributed by atoms with Gasteiger partial charge in [0.25, 0.3) is 0 Å². The van der Waals surface area contributed by atoms with Crippen molar-refractivity contribution in [1.29, 1.82) is 0 Å². The summed E-state index contributed by atoms with van der Waals surface area (Å²) in [7, 11) is 1.54. The topological polar surface area (TPSA) is 67.8 Å². The van der Waals surface area contributed by atoms with E-state index in [9.17, 15) is 4.79 Å². The number of methoxy groups -OCH3 is 1. The highest BCUT2D eigenvalue weighted by Gasteiger charge is 2.29. The zero-order valence-electron chi connectivity index (χ0n) is 9.23. The Morgan fingerprint density at radius 3 is 2.93 bits per heavy atom. The van der Waals surface area contributed by atoms with E-state index in [1.54, 1.807) is 0 Å². The molecule has 1 saturated heterocycles. The van der Waals surface area contributed by atoms with Crippen LogP contribution in [0.5, 0.6) is 0 Å². The maximum atomic E-state index is 11.7. The van der Waals surface area contributed by atoms with Crippen LogP contribution in [0.2, 0.25) is 0 Å². The van der Waals surface area contributed by atoms with E-state index in [2.05, 4.69) is 5.32 Å².